The Morgan fingerprint density at radius 2 is 2.07 bits per heavy atom. The van der Waals surface area contributed by atoms with E-state index in [1.165, 1.54) is 17.6 Å². The number of esters is 1. The molecule has 0 spiro atoms. The number of hydrogen-bond donors (Lipinski definition) is 3. The molecule has 0 amide bonds. The highest BCUT2D eigenvalue weighted by molar-refractivity contribution is 9.10. The molecule has 0 aliphatic rings. The number of aromatic amines is 2. The molecule has 3 N–H and O–H groups in total. The Labute approximate surface area is 176 Å². The predicted octanol–water partition coefficient (Wildman–Crippen LogP) is 4.56. The number of aliphatic imine (C=N–C) groups is 1. The van der Waals surface area contributed by atoms with E-state index < -0.39 is 17.4 Å². The normalized spacial score (nSPS) is 11.1. The largest absolute Gasteiger partial charge is 0.494 e. The number of rotatable bonds is 5. The van der Waals surface area contributed by atoms with Crippen LogP contribution in [-0.2, 0) is 4.74 Å². The first-order valence-corrected chi connectivity index (χ1v) is 10.1. The molecule has 3 rings (SSSR count). The minimum absolute atomic E-state index is 0.000473. The summed E-state index contributed by atoms with van der Waals surface area (Å²) in [6.07, 6.45) is 1.18. The van der Waals surface area contributed by atoms with Crippen LogP contribution >= 0.6 is 39.5 Å². The average Bonchev–Trinajstić information content (AvgIpc) is 3.05. The van der Waals surface area contributed by atoms with Gasteiger partial charge in [0, 0.05) is 21.6 Å². The minimum atomic E-state index is -0.590. The van der Waals surface area contributed by atoms with Crippen molar-refractivity contribution in [2.45, 2.75) is 6.92 Å². The summed E-state index contributed by atoms with van der Waals surface area (Å²) in [5.74, 6) is -0.917. The Balaban J connectivity index is 2.09. The zero-order chi connectivity index (χ0) is 20.3. The first-order valence-electron chi connectivity index (χ1n) is 8.05. The van der Waals surface area contributed by atoms with Gasteiger partial charge < -0.3 is 14.8 Å². The molecule has 28 heavy (non-hydrogen) atoms. The van der Waals surface area contributed by atoms with Gasteiger partial charge in [-0.05, 0) is 36.8 Å². The van der Waals surface area contributed by atoms with E-state index in [0.29, 0.717) is 16.1 Å². The van der Waals surface area contributed by atoms with Crippen molar-refractivity contribution in [1.29, 1.82) is 0 Å². The van der Waals surface area contributed by atoms with Crippen LogP contribution in [0.1, 0.15) is 22.8 Å². The SMILES string of the molecule is CCOC(=O)c1c(-c2ccc(Br)cc2)csc1N=Cc1c(O)[nH]c(=S)[nH]c1=O. The van der Waals surface area contributed by atoms with Gasteiger partial charge in [0.2, 0.25) is 5.88 Å². The van der Waals surface area contributed by atoms with Gasteiger partial charge in [-0.15, -0.1) is 11.3 Å². The fourth-order valence-electron chi connectivity index (χ4n) is 2.41. The lowest BCUT2D eigenvalue weighted by Crippen LogP contribution is -2.13. The fourth-order valence-corrected chi connectivity index (χ4v) is 3.77. The van der Waals surface area contributed by atoms with Crippen LogP contribution in [0.15, 0.2) is 43.9 Å². The number of carbonyl (C=O) groups excluding carboxylic acids is 1. The van der Waals surface area contributed by atoms with Gasteiger partial charge in [-0.1, -0.05) is 28.1 Å². The van der Waals surface area contributed by atoms with Crippen LogP contribution in [0.3, 0.4) is 0 Å². The Kier molecular flexibility index (Phi) is 6.22. The Bertz CT molecular complexity index is 1160. The lowest BCUT2D eigenvalue weighted by molar-refractivity contribution is 0.0529. The number of aromatic hydroxyl groups is 1. The molecule has 0 aliphatic carbocycles. The summed E-state index contributed by atoms with van der Waals surface area (Å²) < 4.78 is 6.09. The molecule has 0 saturated heterocycles. The van der Waals surface area contributed by atoms with E-state index in [1.807, 2.05) is 24.3 Å². The topological polar surface area (TPSA) is 108 Å². The number of ether oxygens (including phenoxy) is 1. The van der Waals surface area contributed by atoms with Crippen molar-refractivity contribution in [1.82, 2.24) is 9.97 Å². The first kappa shape index (κ1) is 20.2. The molecule has 1 aromatic carbocycles. The molecule has 0 unspecified atom stereocenters. The maximum Gasteiger partial charge on any atom is 0.341 e. The third-order valence-electron chi connectivity index (χ3n) is 3.68. The van der Waals surface area contributed by atoms with Gasteiger partial charge in [-0.3, -0.25) is 9.78 Å². The highest BCUT2D eigenvalue weighted by Gasteiger charge is 2.21. The summed E-state index contributed by atoms with van der Waals surface area (Å²) in [4.78, 5) is 33.6. The van der Waals surface area contributed by atoms with Crippen molar-refractivity contribution in [2.75, 3.05) is 6.61 Å². The van der Waals surface area contributed by atoms with Crippen LogP contribution in [0.25, 0.3) is 11.1 Å². The zero-order valence-corrected chi connectivity index (χ0v) is 17.7. The number of benzene rings is 1. The number of halogens is 1. The molecule has 0 bridgehead atoms. The van der Waals surface area contributed by atoms with E-state index in [-0.39, 0.29) is 16.9 Å². The summed E-state index contributed by atoms with van der Waals surface area (Å²) in [6, 6.07) is 7.48. The second-order valence-electron chi connectivity index (χ2n) is 5.49. The van der Waals surface area contributed by atoms with Crippen molar-refractivity contribution in [3.8, 4) is 17.0 Å². The molecule has 0 radical (unpaired) electrons. The Morgan fingerprint density at radius 1 is 1.36 bits per heavy atom. The van der Waals surface area contributed by atoms with Gasteiger partial charge in [-0.2, -0.15) is 0 Å². The smallest absolute Gasteiger partial charge is 0.341 e. The van der Waals surface area contributed by atoms with Crippen LogP contribution in [0.5, 0.6) is 5.88 Å². The lowest BCUT2D eigenvalue weighted by atomic mass is 10.0. The molecule has 2 heterocycles. The van der Waals surface area contributed by atoms with Crippen molar-refractivity contribution in [3.63, 3.8) is 0 Å². The molecule has 0 saturated carbocycles. The number of hydrogen-bond acceptors (Lipinski definition) is 7. The molecule has 3 aromatic rings. The predicted molar refractivity (Wildman–Crippen MR) is 115 cm³/mol. The van der Waals surface area contributed by atoms with Crippen LogP contribution < -0.4 is 5.56 Å². The Hall–Kier alpha value is -2.56. The van der Waals surface area contributed by atoms with Crippen LogP contribution in [0.2, 0.25) is 0 Å². The summed E-state index contributed by atoms with van der Waals surface area (Å²) in [6.45, 7) is 1.93. The van der Waals surface area contributed by atoms with Crippen molar-refractivity contribution < 1.29 is 14.6 Å². The Morgan fingerprint density at radius 3 is 2.71 bits per heavy atom. The third-order valence-corrected chi connectivity index (χ3v) is 5.30. The molecule has 0 aliphatic heterocycles. The summed E-state index contributed by atoms with van der Waals surface area (Å²) >= 11 is 9.41. The number of nitrogens with one attached hydrogen (secondary N) is 2. The molecule has 7 nitrogen and oxygen atoms in total. The van der Waals surface area contributed by atoms with Gasteiger partial charge in [0.25, 0.3) is 5.56 Å². The standard InChI is InChI=1S/C18H14BrN3O4S2/c1-2-26-17(25)13-12(9-3-5-10(19)6-4-9)8-28-16(13)20-7-11-14(23)21-18(27)22-15(11)24/h3-8H,2H2,1H3,(H3,21,22,23,24,27). The molecule has 2 aromatic heterocycles. The second kappa shape index (κ2) is 8.63. The van der Waals surface area contributed by atoms with E-state index in [9.17, 15) is 14.7 Å². The third kappa shape index (κ3) is 4.29. The van der Waals surface area contributed by atoms with Crippen molar-refractivity contribution in [2.24, 2.45) is 4.99 Å². The van der Waals surface area contributed by atoms with Crippen LogP contribution in [0.4, 0.5) is 5.00 Å². The highest BCUT2D eigenvalue weighted by atomic mass is 79.9. The van der Waals surface area contributed by atoms with E-state index in [1.54, 1.807) is 12.3 Å². The van der Waals surface area contributed by atoms with Gasteiger partial charge in [0.1, 0.15) is 16.1 Å². The number of thiophene rings is 1. The average molecular weight is 480 g/mol. The lowest BCUT2D eigenvalue weighted by Gasteiger charge is -2.06. The van der Waals surface area contributed by atoms with E-state index in [0.717, 1.165) is 10.0 Å². The number of H-pyrrole nitrogens is 2. The van der Waals surface area contributed by atoms with E-state index >= 15 is 0 Å². The van der Waals surface area contributed by atoms with Gasteiger partial charge in [0.15, 0.2) is 4.77 Å². The quantitative estimate of drug-likeness (QED) is 0.282. The summed E-state index contributed by atoms with van der Waals surface area (Å²) in [7, 11) is 0. The van der Waals surface area contributed by atoms with Crippen molar-refractivity contribution >= 4 is 56.7 Å². The molecule has 144 valence electrons. The van der Waals surface area contributed by atoms with Crippen LogP contribution in [-0.4, -0.2) is 33.9 Å². The first-order chi connectivity index (χ1) is 13.4. The van der Waals surface area contributed by atoms with E-state index in [2.05, 4.69) is 30.9 Å². The highest BCUT2D eigenvalue weighted by Crippen LogP contribution is 2.38. The number of nitrogens with zero attached hydrogens (tertiary/aromatic N) is 1. The van der Waals surface area contributed by atoms with Crippen LogP contribution in [0, 0.1) is 4.77 Å². The number of aromatic nitrogens is 2. The molecular formula is C18H14BrN3O4S2. The van der Waals surface area contributed by atoms with Gasteiger partial charge >= 0.3 is 5.97 Å². The summed E-state index contributed by atoms with van der Waals surface area (Å²) in [5.41, 5.74) is 1.11. The maximum atomic E-state index is 12.5. The molecular weight excluding hydrogens is 466 g/mol. The monoisotopic (exact) mass is 479 g/mol. The molecule has 0 fully saturated rings. The zero-order valence-electron chi connectivity index (χ0n) is 14.5. The maximum absolute atomic E-state index is 12.5. The second-order valence-corrected chi connectivity index (χ2v) is 7.67. The minimum Gasteiger partial charge on any atom is -0.494 e. The van der Waals surface area contributed by atoms with Crippen molar-refractivity contribution in [3.05, 3.63) is 60.4 Å². The number of carbonyl (C=O) groups is 1. The summed E-state index contributed by atoms with van der Waals surface area (Å²) in [5, 5.41) is 12.1. The van der Waals surface area contributed by atoms with E-state index in [4.69, 9.17) is 17.0 Å². The van der Waals surface area contributed by atoms with Gasteiger partial charge in [-0.25, -0.2) is 9.79 Å². The fraction of sp³-hybridized carbons (Fsp3) is 0.111. The van der Waals surface area contributed by atoms with Gasteiger partial charge in [0.05, 0.1) is 6.61 Å². The molecule has 10 heteroatoms. The molecule has 0 atom stereocenters.